The molecule has 4 nitrogen and oxygen atoms in total. The molecule has 8 bridgehead atoms. The van der Waals surface area contributed by atoms with E-state index >= 15 is 0 Å². The lowest BCUT2D eigenvalue weighted by Gasteiger charge is -2.06. The van der Waals surface area contributed by atoms with Crippen molar-refractivity contribution < 1.29 is 0 Å². The number of benzene rings is 2. The summed E-state index contributed by atoms with van der Waals surface area (Å²) in [7, 11) is 0. The molecule has 0 saturated heterocycles. The van der Waals surface area contributed by atoms with Gasteiger partial charge in [0.15, 0.2) is 0 Å². The Kier molecular flexibility index (Phi) is 7.65. The van der Waals surface area contributed by atoms with Crippen LogP contribution in [0.5, 0.6) is 0 Å². The molecular formula is C38H33BrN4. The number of unbranched alkanes of at least 4 members (excludes halogenated alkanes) is 3. The molecule has 5 heterocycles. The summed E-state index contributed by atoms with van der Waals surface area (Å²) >= 11 is 3.89. The van der Waals surface area contributed by atoms with Crippen LogP contribution in [0.15, 0.2) is 89.4 Å². The quantitative estimate of drug-likeness (QED) is 0.173. The molecule has 0 spiro atoms. The number of hydrogen-bond acceptors (Lipinski definition) is 2. The van der Waals surface area contributed by atoms with Crippen LogP contribution in [0.2, 0.25) is 0 Å². The molecule has 0 atom stereocenters. The maximum atomic E-state index is 5.29. The zero-order valence-corrected chi connectivity index (χ0v) is 25.8. The Morgan fingerprint density at radius 3 is 1.49 bits per heavy atom. The van der Waals surface area contributed by atoms with Crippen LogP contribution in [0.3, 0.4) is 0 Å². The highest BCUT2D eigenvalue weighted by Crippen LogP contribution is 2.35. The summed E-state index contributed by atoms with van der Waals surface area (Å²) in [6.07, 6.45) is 14.4. The molecule has 0 fully saturated rings. The van der Waals surface area contributed by atoms with Gasteiger partial charge < -0.3 is 9.97 Å². The van der Waals surface area contributed by atoms with E-state index < -0.39 is 0 Å². The number of aromatic amines is 2. The van der Waals surface area contributed by atoms with Crippen LogP contribution in [0, 0.1) is 0 Å². The largest absolute Gasteiger partial charge is 0.354 e. The fourth-order valence-corrected chi connectivity index (χ4v) is 6.49. The number of hydrogen-bond donors (Lipinski definition) is 2. The van der Waals surface area contributed by atoms with E-state index in [4.69, 9.17) is 9.97 Å². The van der Waals surface area contributed by atoms with Crippen molar-refractivity contribution >= 4 is 62.3 Å². The van der Waals surface area contributed by atoms with Crippen molar-refractivity contribution in [1.29, 1.82) is 0 Å². The van der Waals surface area contributed by atoms with E-state index in [9.17, 15) is 0 Å². The second kappa shape index (κ2) is 12.0. The van der Waals surface area contributed by atoms with Gasteiger partial charge in [0, 0.05) is 27.7 Å². The number of halogens is 1. The molecule has 0 amide bonds. The average Bonchev–Trinajstić information content (AvgIpc) is 3.87. The van der Waals surface area contributed by atoms with Gasteiger partial charge in [-0.2, -0.15) is 0 Å². The second-order valence-electron chi connectivity index (χ2n) is 11.1. The lowest BCUT2D eigenvalue weighted by atomic mass is 10.0. The Labute approximate surface area is 260 Å². The predicted octanol–water partition coefficient (Wildman–Crippen LogP) is 10.9. The van der Waals surface area contributed by atoms with Gasteiger partial charge in [0.05, 0.1) is 38.3 Å². The van der Waals surface area contributed by atoms with Crippen LogP contribution in [0.25, 0.3) is 68.6 Å². The van der Waals surface area contributed by atoms with E-state index in [1.54, 1.807) is 0 Å². The second-order valence-corrected chi connectivity index (χ2v) is 11.9. The first kappa shape index (κ1) is 27.4. The molecule has 5 heteroatoms. The maximum Gasteiger partial charge on any atom is 0.0737 e. The first-order chi connectivity index (χ1) is 21.2. The van der Waals surface area contributed by atoms with Crippen LogP contribution >= 0.6 is 15.9 Å². The maximum absolute atomic E-state index is 5.29. The first-order valence-electron chi connectivity index (χ1n) is 15.1. The Morgan fingerprint density at radius 2 is 1.00 bits per heavy atom. The van der Waals surface area contributed by atoms with Gasteiger partial charge in [-0.3, -0.25) is 0 Å². The zero-order chi connectivity index (χ0) is 29.2. The molecule has 2 aliphatic rings. The van der Waals surface area contributed by atoms with Gasteiger partial charge in [0.1, 0.15) is 0 Å². The van der Waals surface area contributed by atoms with Crippen molar-refractivity contribution in [2.24, 2.45) is 0 Å². The number of aromatic nitrogens is 4. The topological polar surface area (TPSA) is 57.4 Å². The molecule has 0 aliphatic carbocycles. The fraction of sp³-hybridized carbons (Fsp3) is 0.158. The van der Waals surface area contributed by atoms with Gasteiger partial charge >= 0.3 is 0 Å². The van der Waals surface area contributed by atoms with Crippen molar-refractivity contribution in [1.82, 2.24) is 19.9 Å². The molecule has 0 unspecified atom stereocenters. The normalized spacial score (nSPS) is 12.2. The van der Waals surface area contributed by atoms with Gasteiger partial charge in [-0.05, 0) is 88.5 Å². The number of rotatable bonds is 7. The monoisotopic (exact) mass is 624 g/mol. The van der Waals surface area contributed by atoms with E-state index in [1.165, 1.54) is 24.8 Å². The molecule has 0 radical (unpaired) electrons. The molecule has 212 valence electrons. The number of fused-ring (bicyclic) bond motifs is 8. The van der Waals surface area contributed by atoms with Gasteiger partial charge in [-0.25, -0.2) is 9.97 Å². The van der Waals surface area contributed by atoms with Crippen molar-refractivity contribution in [2.45, 2.75) is 39.0 Å². The van der Waals surface area contributed by atoms with Gasteiger partial charge in [-0.15, -0.1) is 0 Å². The lowest BCUT2D eigenvalue weighted by Crippen LogP contribution is -1.95. The molecule has 2 aliphatic heterocycles. The highest BCUT2D eigenvalue weighted by Gasteiger charge is 2.17. The summed E-state index contributed by atoms with van der Waals surface area (Å²) in [6.45, 7) is 2.26. The summed E-state index contributed by atoms with van der Waals surface area (Å²) in [5.74, 6) is 0. The Hall–Kier alpha value is -4.48. The third kappa shape index (κ3) is 5.41. The average molecular weight is 626 g/mol. The number of nitrogens with one attached hydrogen (secondary N) is 2. The highest BCUT2D eigenvalue weighted by molar-refractivity contribution is 9.10. The van der Waals surface area contributed by atoms with Crippen molar-refractivity contribution in [3.05, 3.63) is 118 Å². The highest BCUT2D eigenvalue weighted by atomic mass is 79.9. The molecule has 2 aromatic carbocycles. The van der Waals surface area contributed by atoms with Gasteiger partial charge in [0.2, 0.25) is 0 Å². The molecule has 7 rings (SSSR count). The van der Waals surface area contributed by atoms with Crippen LogP contribution in [-0.2, 0) is 6.42 Å². The standard InChI is InChI=1S/C38H33BrN4/c1-2-3-4-11-16-27-28-17-19-30(40-28)36(25-12-7-5-8-13-25)32-21-23-34(42-32)38(39)35-24-22-33(43-35)37(26-14-9-6-10-15-26)31-20-18-29(27)41-31/h5-10,12-15,17-24,42-43H,2-4,11,16H2,1H3. The van der Waals surface area contributed by atoms with E-state index in [0.717, 1.165) is 84.4 Å². The molecule has 5 aromatic rings. The van der Waals surface area contributed by atoms with E-state index in [2.05, 4.69) is 142 Å². The third-order valence-corrected chi connectivity index (χ3v) is 9.05. The Balaban J connectivity index is 1.59. The van der Waals surface area contributed by atoms with Crippen LogP contribution < -0.4 is 0 Å². The fourth-order valence-electron chi connectivity index (χ4n) is 6.03. The van der Waals surface area contributed by atoms with Crippen LogP contribution in [0.4, 0.5) is 0 Å². The molecule has 2 N–H and O–H groups in total. The molecule has 3 aromatic heterocycles. The Morgan fingerprint density at radius 1 is 0.535 bits per heavy atom. The minimum absolute atomic E-state index is 0.940. The van der Waals surface area contributed by atoms with E-state index in [0.29, 0.717) is 0 Å². The predicted molar refractivity (Wildman–Crippen MR) is 185 cm³/mol. The van der Waals surface area contributed by atoms with Gasteiger partial charge in [0.25, 0.3) is 0 Å². The summed E-state index contributed by atoms with van der Waals surface area (Å²) < 4.78 is 0.965. The number of H-pyrrole nitrogens is 2. The Bertz CT molecular complexity index is 1880. The number of nitrogens with zero attached hydrogens (tertiary/aromatic N) is 2. The summed E-state index contributed by atoms with van der Waals surface area (Å²) in [5.41, 5.74) is 13.6. The lowest BCUT2D eigenvalue weighted by molar-refractivity contribution is 0.665. The minimum atomic E-state index is 0.940. The summed E-state index contributed by atoms with van der Waals surface area (Å²) in [6, 6.07) is 29.6. The van der Waals surface area contributed by atoms with Crippen LogP contribution in [0.1, 0.15) is 60.9 Å². The van der Waals surface area contributed by atoms with E-state index in [1.807, 2.05) is 0 Å². The molecular weight excluding hydrogens is 592 g/mol. The SMILES string of the molecule is CCCCCCc1c2nc(c(-c3ccccc3)c3ccc([nH]3)c(Br)c3ccc([nH]3)c(-c3ccccc3)c3nc1C=C3)C=C2. The van der Waals surface area contributed by atoms with Crippen molar-refractivity contribution in [2.75, 3.05) is 0 Å². The van der Waals surface area contributed by atoms with Crippen molar-refractivity contribution in [3.8, 4) is 22.3 Å². The molecule has 0 saturated carbocycles. The first-order valence-corrected chi connectivity index (χ1v) is 15.9. The third-order valence-electron chi connectivity index (χ3n) is 8.20. The van der Waals surface area contributed by atoms with Crippen LogP contribution in [-0.4, -0.2) is 19.9 Å². The summed E-state index contributed by atoms with van der Waals surface area (Å²) in [5, 5.41) is 0. The smallest absolute Gasteiger partial charge is 0.0737 e. The van der Waals surface area contributed by atoms with Crippen molar-refractivity contribution in [3.63, 3.8) is 0 Å². The molecule has 43 heavy (non-hydrogen) atoms. The zero-order valence-electron chi connectivity index (χ0n) is 24.2. The van der Waals surface area contributed by atoms with E-state index in [-0.39, 0.29) is 0 Å². The summed E-state index contributed by atoms with van der Waals surface area (Å²) in [4.78, 5) is 17.9. The minimum Gasteiger partial charge on any atom is -0.354 e. The van der Waals surface area contributed by atoms with Gasteiger partial charge in [-0.1, -0.05) is 86.8 Å².